The fraction of sp³-hybridized carbons (Fsp3) is 0.375. The van der Waals surface area contributed by atoms with Crippen LogP contribution in [0.1, 0.15) is 11.4 Å². The highest BCUT2D eigenvalue weighted by Crippen LogP contribution is 2.37. The van der Waals surface area contributed by atoms with E-state index in [4.69, 9.17) is 23.2 Å². The molecule has 2 aromatic heterocycles. The molecular formula is C16H12Cl2F6N4O6. The Morgan fingerprint density at radius 1 is 0.853 bits per heavy atom. The van der Waals surface area contributed by atoms with Crippen molar-refractivity contribution in [2.75, 3.05) is 13.2 Å². The Morgan fingerprint density at radius 3 is 1.76 bits per heavy atom. The molecule has 0 bridgehead atoms. The molecule has 0 atom stereocenters. The number of hydrogen-bond acceptors (Lipinski definition) is 8. The predicted octanol–water partition coefficient (Wildman–Crippen LogP) is 5.79. The monoisotopic (exact) mass is 540 g/mol. The topological polar surface area (TPSA) is 131 Å². The second-order valence-electron chi connectivity index (χ2n) is 6.12. The number of aromatic nitrogens is 2. The third kappa shape index (κ3) is 9.38. The molecule has 0 amide bonds. The van der Waals surface area contributed by atoms with Gasteiger partial charge in [-0.15, -0.1) is 0 Å². The smallest absolute Gasteiger partial charge is 0.422 e. The van der Waals surface area contributed by atoms with Crippen molar-refractivity contribution in [3.8, 4) is 11.6 Å². The average molecular weight is 541 g/mol. The van der Waals surface area contributed by atoms with Gasteiger partial charge in [-0.25, -0.2) is 9.97 Å². The lowest BCUT2D eigenvalue weighted by atomic mass is 10.3. The van der Waals surface area contributed by atoms with Gasteiger partial charge in [0, 0.05) is 17.5 Å². The summed E-state index contributed by atoms with van der Waals surface area (Å²) in [5.41, 5.74) is -1.11. The maximum atomic E-state index is 12.1. The van der Waals surface area contributed by atoms with Gasteiger partial charge >= 0.3 is 23.7 Å². The molecule has 0 fully saturated rings. The zero-order valence-corrected chi connectivity index (χ0v) is 18.3. The third-order valence-corrected chi connectivity index (χ3v) is 3.77. The molecule has 0 N–H and O–H groups in total. The van der Waals surface area contributed by atoms with E-state index in [2.05, 4.69) is 19.4 Å². The summed E-state index contributed by atoms with van der Waals surface area (Å²) in [6, 6.07) is 2.19. The second-order valence-corrected chi connectivity index (χ2v) is 6.89. The maximum absolute atomic E-state index is 12.1. The van der Waals surface area contributed by atoms with Crippen LogP contribution in [0.4, 0.5) is 37.7 Å². The van der Waals surface area contributed by atoms with E-state index in [0.717, 1.165) is 6.07 Å². The summed E-state index contributed by atoms with van der Waals surface area (Å²) in [7, 11) is 0. The fourth-order valence-electron chi connectivity index (χ4n) is 2.05. The van der Waals surface area contributed by atoms with Crippen LogP contribution in [0.25, 0.3) is 0 Å². The first kappa shape index (κ1) is 28.9. The first-order valence-corrected chi connectivity index (χ1v) is 9.19. The molecule has 2 rings (SSSR count). The van der Waals surface area contributed by atoms with Crippen LogP contribution in [0.5, 0.6) is 11.6 Å². The van der Waals surface area contributed by atoms with E-state index in [1.165, 1.54) is 13.0 Å². The number of rotatable bonds is 6. The van der Waals surface area contributed by atoms with Crippen LogP contribution >= 0.6 is 23.2 Å². The number of ether oxygens (including phenoxy) is 2. The van der Waals surface area contributed by atoms with E-state index in [1.54, 1.807) is 6.92 Å². The van der Waals surface area contributed by atoms with Crippen LogP contribution in [0, 0.1) is 34.1 Å². The van der Waals surface area contributed by atoms with Crippen LogP contribution in [-0.4, -0.2) is 45.4 Å². The molecule has 10 nitrogen and oxygen atoms in total. The van der Waals surface area contributed by atoms with E-state index in [-0.39, 0.29) is 21.6 Å². The summed E-state index contributed by atoms with van der Waals surface area (Å²) in [6.45, 7) is -0.884. The summed E-state index contributed by atoms with van der Waals surface area (Å²) < 4.78 is 80.9. The highest BCUT2D eigenvalue weighted by molar-refractivity contribution is 6.37. The largest absolute Gasteiger partial charge is 0.477 e. The summed E-state index contributed by atoms with van der Waals surface area (Å²) in [4.78, 5) is 26.4. The number of alkyl halides is 6. The normalized spacial score (nSPS) is 11.4. The Kier molecular flexibility index (Phi) is 9.62. The van der Waals surface area contributed by atoms with Crippen molar-refractivity contribution in [3.63, 3.8) is 0 Å². The van der Waals surface area contributed by atoms with Crippen LogP contribution in [-0.2, 0) is 0 Å². The van der Waals surface area contributed by atoms with Gasteiger partial charge in [-0.05, 0) is 19.9 Å². The van der Waals surface area contributed by atoms with Crippen molar-refractivity contribution in [2.24, 2.45) is 0 Å². The molecule has 2 heterocycles. The van der Waals surface area contributed by atoms with E-state index in [1.807, 2.05) is 0 Å². The highest BCUT2D eigenvalue weighted by atomic mass is 35.5. The molecule has 0 aliphatic rings. The standard InChI is InChI=1S/C10H8F6N2O4.C6H4Cl2N2O2/c1-5-2-6(21-3-9(11,12)13)7(18(19)20)8(17-5)22-4-10(14,15)16;1-3-2-4(7)5(10(11)12)6(8)9-3/h2H,3-4H2,1H3;2H,1H3. The van der Waals surface area contributed by atoms with Crippen molar-refractivity contribution in [1.82, 2.24) is 9.97 Å². The lowest BCUT2D eigenvalue weighted by Crippen LogP contribution is -2.21. The first-order chi connectivity index (χ1) is 15.4. The lowest BCUT2D eigenvalue weighted by molar-refractivity contribution is -0.387. The zero-order valence-electron chi connectivity index (χ0n) is 16.8. The molecule has 0 saturated carbocycles. The van der Waals surface area contributed by atoms with Crippen molar-refractivity contribution < 1.29 is 45.7 Å². The Bertz CT molecular complexity index is 1010. The Labute approximate surface area is 195 Å². The van der Waals surface area contributed by atoms with Crippen LogP contribution < -0.4 is 9.47 Å². The molecule has 0 aromatic carbocycles. The SMILES string of the molecule is Cc1cc(Cl)c([N+](=O)[O-])c(Cl)n1.Cc1cc(OCC(F)(F)F)c([N+](=O)[O-])c(OCC(F)(F)F)n1. The molecule has 0 saturated heterocycles. The van der Waals surface area contributed by atoms with E-state index >= 15 is 0 Å². The minimum Gasteiger partial charge on any atom is -0.477 e. The number of hydrogen-bond donors (Lipinski definition) is 0. The Morgan fingerprint density at radius 2 is 1.32 bits per heavy atom. The third-order valence-electron chi connectivity index (χ3n) is 3.21. The number of nitrogens with zero attached hydrogens (tertiary/aromatic N) is 4. The van der Waals surface area contributed by atoms with Gasteiger partial charge in [-0.1, -0.05) is 23.2 Å². The fourth-order valence-corrected chi connectivity index (χ4v) is 2.72. The number of nitro groups is 2. The highest BCUT2D eigenvalue weighted by Gasteiger charge is 2.34. The average Bonchev–Trinajstić information content (AvgIpc) is 2.62. The minimum atomic E-state index is -4.80. The van der Waals surface area contributed by atoms with Gasteiger partial charge in [-0.3, -0.25) is 20.2 Å². The van der Waals surface area contributed by atoms with Gasteiger partial charge in [0.25, 0.3) is 5.88 Å². The van der Waals surface area contributed by atoms with Crippen molar-refractivity contribution in [3.05, 3.63) is 53.9 Å². The van der Waals surface area contributed by atoms with Crippen LogP contribution in [0.15, 0.2) is 12.1 Å². The number of pyridine rings is 2. The lowest BCUT2D eigenvalue weighted by Gasteiger charge is -2.13. The maximum Gasteiger partial charge on any atom is 0.422 e. The molecule has 0 aliphatic carbocycles. The molecule has 0 aliphatic heterocycles. The minimum absolute atomic E-state index is 0.0116. The molecular weight excluding hydrogens is 529 g/mol. The Hall–Kier alpha value is -3.14. The molecule has 0 radical (unpaired) electrons. The van der Waals surface area contributed by atoms with Crippen LogP contribution in [0.3, 0.4) is 0 Å². The molecule has 2 aromatic rings. The molecule has 34 heavy (non-hydrogen) atoms. The van der Waals surface area contributed by atoms with Crippen molar-refractivity contribution >= 4 is 34.6 Å². The zero-order chi connectivity index (χ0) is 26.4. The number of halogens is 8. The van der Waals surface area contributed by atoms with Gasteiger partial charge in [0.05, 0.1) is 9.85 Å². The van der Waals surface area contributed by atoms with Crippen molar-refractivity contribution in [1.29, 1.82) is 0 Å². The van der Waals surface area contributed by atoms with Gasteiger partial charge < -0.3 is 9.47 Å². The van der Waals surface area contributed by atoms with Gasteiger partial charge in [0.1, 0.15) is 5.02 Å². The first-order valence-electron chi connectivity index (χ1n) is 8.43. The summed E-state index contributed by atoms with van der Waals surface area (Å²) in [5, 5.41) is 21.0. The molecule has 18 heteroatoms. The molecule has 0 spiro atoms. The number of aryl methyl sites for hydroxylation is 2. The van der Waals surface area contributed by atoms with E-state index in [9.17, 15) is 46.6 Å². The van der Waals surface area contributed by atoms with E-state index < -0.39 is 52.7 Å². The second kappa shape index (κ2) is 11.3. The van der Waals surface area contributed by atoms with Crippen molar-refractivity contribution in [2.45, 2.75) is 26.2 Å². The van der Waals surface area contributed by atoms with Gasteiger partial charge in [0.15, 0.2) is 13.2 Å². The van der Waals surface area contributed by atoms with Gasteiger partial charge in [0.2, 0.25) is 10.9 Å². The summed E-state index contributed by atoms with van der Waals surface area (Å²) in [5.74, 6) is -1.95. The summed E-state index contributed by atoms with van der Waals surface area (Å²) in [6.07, 6.45) is -9.58. The van der Waals surface area contributed by atoms with E-state index in [0.29, 0.717) is 5.69 Å². The summed E-state index contributed by atoms with van der Waals surface area (Å²) >= 11 is 11.1. The van der Waals surface area contributed by atoms with Gasteiger partial charge in [-0.2, -0.15) is 26.3 Å². The Balaban J connectivity index is 0.000000404. The predicted molar refractivity (Wildman–Crippen MR) is 104 cm³/mol. The molecule has 0 unspecified atom stereocenters. The molecule has 188 valence electrons. The quantitative estimate of drug-likeness (QED) is 0.195. The van der Waals surface area contributed by atoms with Crippen LogP contribution in [0.2, 0.25) is 10.2 Å².